The summed E-state index contributed by atoms with van der Waals surface area (Å²) in [4.78, 5) is 16.5. The van der Waals surface area contributed by atoms with Gasteiger partial charge >= 0.3 is 0 Å². The second kappa shape index (κ2) is 10.3. The second-order valence-corrected chi connectivity index (χ2v) is 4.64. The molecule has 18 heavy (non-hydrogen) atoms. The van der Waals surface area contributed by atoms with E-state index >= 15 is 0 Å². The lowest BCUT2D eigenvalue weighted by Gasteiger charge is -2.26. The minimum absolute atomic E-state index is 0.00148. The highest BCUT2D eigenvalue weighted by molar-refractivity contribution is 5.79. The fraction of sp³-hybridized carbons (Fsp3) is 0.929. The Labute approximate surface area is 113 Å². The van der Waals surface area contributed by atoms with Crippen molar-refractivity contribution >= 4 is 5.91 Å². The van der Waals surface area contributed by atoms with E-state index in [4.69, 9.17) is 5.73 Å². The number of hydrogen-bond acceptors (Lipinski definition) is 3. The maximum absolute atomic E-state index is 12.2. The number of amides is 1. The zero-order valence-electron chi connectivity index (χ0n) is 12.6. The lowest BCUT2D eigenvalue weighted by molar-refractivity contribution is -0.135. The molecule has 1 atom stereocenters. The molecule has 0 saturated carbocycles. The smallest absolute Gasteiger partial charge is 0.226 e. The number of nitrogens with two attached hydrogens (primary N) is 1. The zero-order valence-corrected chi connectivity index (χ0v) is 12.6. The lowest BCUT2D eigenvalue weighted by atomic mass is 10.1. The minimum Gasteiger partial charge on any atom is -0.343 e. The molecule has 0 rings (SSSR count). The van der Waals surface area contributed by atoms with Crippen LogP contribution < -0.4 is 5.73 Å². The summed E-state index contributed by atoms with van der Waals surface area (Å²) >= 11 is 0. The van der Waals surface area contributed by atoms with Gasteiger partial charge < -0.3 is 15.5 Å². The number of carbonyl (C=O) groups excluding carboxylic acids is 1. The zero-order chi connectivity index (χ0) is 14.0. The molecule has 1 unspecified atom stereocenters. The Hall–Kier alpha value is -0.610. The predicted octanol–water partition coefficient (Wildman–Crippen LogP) is 1.55. The highest BCUT2D eigenvalue weighted by atomic mass is 16.2. The van der Waals surface area contributed by atoms with Crippen molar-refractivity contribution in [2.24, 2.45) is 11.7 Å². The topological polar surface area (TPSA) is 49.6 Å². The lowest BCUT2D eigenvalue weighted by Crippen LogP contribution is -2.40. The number of rotatable bonds is 10. The maximum atomic E-state index is 12.2. The van der Waals surface area contributed by atoms with Gasteiger partial charge in [-0.15, -0.1) is 0 Å². The molecule has 0 radical (unpaired) electrons. The molecule has 1 amide bonds. The van der Waals surface area contributed by atoms with Crippen molar-refractivity contribution in [3.8, 4) is 0 Å². The third-order valence-corrected chi connectivity index (χ3v) is 3.62. The average Bonchev–Trinajstić information content (AvgIpc) is 2.40. The Morgan fingerprint density at radius 1 is 1.06 bits per heavy atom. The van der Waals surface area contributed by atoms with E-state index < -0.39 is 0 Å². The molecule has 0 aromatic carbocycles. The third-order valence-electron chi connectivity index (χ3n) is 3.62. The largest absolute Gasteiger partial charge is 0.343 e. The Kier molecular flexibility index (Phi) is 9.98. The van der Waals surface area contributed by atoms with E-state index in [0.717, 1.165) is 45.6 Å². The fourth-order valence-electron chi connectivity index (χ4n) is 2.15. The van der Waals surface area contributed by atoms with Crippen LogP contribution in [0.5, 0.6) is 0 Å². The molecule has 2 N–H and O–H groups in total. The molecule has 4 nitrogen and oxygen atoms in total. The van der Waals surface area contributed by atoms with Gasteiger partial charge in [0, 0.05) is 19.6 Å². The molecule has 0 heterocycles. The van der Waals surface area contributed by atoms with Crippen molar-refractivity contribution in [3.63, 3.8) is 0 Å². The Balaban J connectivity index is 4.14. The first-order valence-corrected chi connectivity index (χ1v) is 7.35. The van der Waals surface area contributed by atoms with Gasteiger partial charge in [0.1, 0.15) is 0 Å². The van der Waals surface area contributed by atoms with Gasteiger partial charge in [0.2, 0.25) is 5.91 Å². The normalized spacial score (nSPS) is 12.8. The van der Waals surface area contributed by atoms with Crippen LogP contribution in [0.4, 0.5) is 0 Å². The maximum Gasteiger partial charge on any atom is 0.226 e. The molecule has 0 aliphatic rings. The first-order valence-electron chi connectivity index (χ1n) is 7.35. The van der Waals surface area contributed by atoms with E-state index in [-0.39, 0.29) is 11.8 Å². The molecule has 4 heteroatoms. The van der Waals surface area contributed by atoms with E-state index in [9.17, 15) is 4.79 Å². The molecule has 0 spiro atoms. The van der Waals surface area contributed by atoms with Crippen LogP contribution in [-0.4, -0.2) is 55.0 Å². The van der Waals surface area contributed by atoms with Crippen molar-refractivity contribution in [1.82, 2.24) is 9.80 Å². The minimum atomic E-state index is -0.00148. The highest BCUT2D eigenvalue weighted by Crippen LogP contribution is 2.07. The van der Waals surface area contributed by atoms with Crippen LogP contribution in [0.2, 0.25) is 0 Å². The van der Waals surface area contributed by atoms with Crippen LogP contribution in [0.25, 0.3) is 0 Å². The Morgan fingerprint density at radius 3 is 2.06 bits per heavy atom. The SMILES string of the molecule is CCC(CN)C(=O)N(CC)CCCN(CC)CC. The summed E-state index contributed by atoms with van der Waals surface area (Å²) in [6.45, 7) is 13.7. The first-order chi connectivity index (χ1) is 8.64. The Morgan fingerprint density at radius 2 is 1.67 bits per heavy atom. The Bertz CT molecular complexity index is 213. The van der Waals surface area contributed by atoms with Crippen LogP contribution in [0, 0.1) is 5.92 Å². The van der Waals surface area contributed by atoms with E-state index in [1.165, 1.54) is 0 Å². The standard InChI is InChI=1S/C14H31N3O/c1-5-13(12-15)14(18)17(8-4)11-9-10-16(6-2)7-3/h13H,5-12,15H2,1-4H3. The highest BCUT2D eigenvalue weighted by Gasteiger charge is 2.20. The van der Waals surface area contributed by atoms with Crippen LogP contribution in [0.15, 0.2) is 0 Å². The van der Waals surface area contributed by atoms with Gasteiger partial charge in [0.05, 0.1) is 5.92 Å². The number of hydrogen-bond donors (Lipinski definition) is 1. The molecule has 0 saturated heterocycles. The van der Waals surface area contributed by atoms with Crippen molar-refractivity contribution in [3.05, 3.63) is 0 Å². The summed E-state index contributed by atoms with van der Waals surface area (Å²) in [7, 11) is 0. The monoisotopic (exact) mass is 257 g/mol. The van der Waals surface area contributed by atoms with Crippen molar-refractivity contribution in [2.75, 3.05) is 39.3 Å². The van der Waals surface area contributed by atoms with Crippen LogP contribution >= 0.6 is 0 Å². The van der Waals surface area contributed by atoms with Crippen LogP contribution in [-0.2, 0) is 4.79 Å². The van der Waals surface area contributed by atoms with E-state index in [0.29, 0.717) is 6.54 Å². The van der Waals surface area contributed by atoms with Gasteiger partial charge in [-0.1, -0.05) is 20.8 Å². The molecule has 0 aliphatic carbocycles. The molecule has 0 aromatic heterocycles. The summed E-state index contributed by atoms with van der Waals surface area (Å²) in [5, 5.41) is 0. The number of carbonyl (C=O) groups is 1. The fourth-order valence-corrected chi connectivity index (χ4v) is 2.15. The van der Waals surface area contributed by atoms with Crippen molar-refractivity contribution in [1.29, 1.82) is 0 Å². The summed E-state index contributed by atoms with van der Waals surface area (Å²) in [6.07, 6.45) is 1.88. The van der Waals surface area contributed by atoms with Crippen LogP contribution in [0.1, 0.15) is 40.5 Å². The summed E-state index contributed by atoms with van der Waals surface area (Å²) in [5.41, 5.74) is 5.64. The van der Waals surface area contributed by atoms with Gasteiger partial charge in [-0.25, -0.2) is 0 Å². The third kappa shape index (κ3) is 5.83. The molecule has 0 bridgehead atoms. The van der Waals surface area contributed by atoms with E-state index in [2.05, 4.69) is 18.7 Å². The summed E-state index contributed by atoms with van der Waals surface area (Å²) in [5.74, 6) is 0.223. The number of nitrogens with zero attached hydrogens (tertiary/aromatic N) is 2. The first kappa shape index (κ1) is 17.4. The van der Waals surface area contributed by atoms with Gasteiger partial charge in [0.25, 0.3) is 0 Å². The van der Waals surface area contributed by atoms with Gasteiger partial charge in [-0.05, 0) is 39.4 Å². The molecule has 0 aromatic rings. The molecule has 0 aliphatic heterocycles. The van der Waals surface area contributed by atoms with Gasteiger partial charge in [-0.3, -0.25) is 4.79 Å². The van der Waals surface area contributed by atoms with Crippen molar-refractivity contribution < 1.29 is 4.79 Å². The van der Waals surface area contributed by atoms with E-state index in [1.807, 2.05) is 18.7 Å². The van der Waals surface area contributed by atoms with Crippen molar-refractivity contribution in [2.45, 2.75) is 40.5 Å². The predicted molar refractivity (Wildman–Crippen MR) is 77.5 cm³/mol. The summed E-state index contributed by atoms with van der Waals surface area (Å²) < 4.78 is 0. The van der Waals surface area contributed by atoms with Gasteiger partial charge in [0.15, 0.2) is 0 Å². The molecular formula is C14H31N3O. The van der Waals surface area contributed by atoms with Gasteiger partial charge in [-0.2, -0.15) is 0 Å². The molecule has 108 valence electrons. The van der Waals surface area contributed by atoms with E-state index in [1.54, 1.807) is 0 Å². The second-order valence-electron chi connectivity index (χ2n) is 4.64. The quantitative estimate of drug-likeness (QED) is 0.646. The molecule has 0 fully saturated rings. The van der Waals surface area contributed by atoms with Crippen LogP contribution in [0.3, 0.4) is 0 Å². The summed E-state index contributed by atoms with van der Waals surface area (Å²) in [6, 6.07) is 0. The average molecular weight is 257 g/mol. The molecular weight excluding hydrogens is 226 g/mol.